The van der Waals surface area contributed by atoms with Crippen molar-refractivity contribution in [1.29, 1.82) is 0 Å². The number of aryl methyl sites for hydroxylation is 1. The molecule has 0 saturated heterocycles. The van der Waals surface area contributed by atoms with Gasteiger partial charge in [0.1, 0.15) is 5.82 Å². The van der Waals surface area contributed by atoms with Gasteiger partial charge >= 0.3 is 0 Å². The van der Waals surface area contributed by atoms with Crippen LogP contribution in [0.2, 0.25) is 0 Å². The topological polar surface area (TPSA) is 34.0 Å². The molecule has 0 atom stereocenters. The van der Waals surface area contributed by atoms with Crippen molar-refractivity contribution in [1.82, 2.24) is 4.57 Å². The molecule has 0 saturated carbocycles. The van der Waals surface area contributed by atoms with Crippen LogP contribution in [0.15, 0.2) is 47.8 Å². The third-order valence-corrected chi connectivity index (χ3v) is 3.79. The fourth-order valence-corrected chi connectivity index (χ4v) is 2.80. The molecular weight excluding hydrogens is 244 g/mol. The summed E-state index contributed by atoms with van der Waals surface area (Å²) < 4.78 is 3.17. The highest BCUT2D eigenvalue weighted by Crippen LogP contribution is 2.27. The highest BCUT2D eigenvalue weighted by atomic mass is 32.1. The van der Waals surface area contributed by atoms with Gasteiger partial charge in [0.25, 0.3) is 5.91 Å². The Morgan fingerprint density at radius 2 is 2.00 bits per heavy atom. The largest absolute Gasteiger partial charge is 0.330 e. The van der Waals surface area contributed by atoms with Crippen LogP contribution in [0, 0.1) is 0 Å². The van der Waals surface area contributed by atoms with Crippen LogP contribution in [0.25, 0.3) is 10.2 Å². The SMILES string of the molecule is Cn1c(NC(=O)c2ccccc2)cc2sccc21. The van der Waals surface area contributed by atoms with Crippen molar-refractivity contribution in [2.24, 2.45) is 7.05 Å². The number of nitrogens with one attached hydrogen (secondary N) is 1. The Morgan fingerprint density at radius 3 is 2.72 bits per heavy atom. The Morgan fingerprint density at radius 1 is 1.22 bits per heavy atom. The van der Waals surface area contributed by atoms with Crippen LogP contribution >= 0.6 is 11.3 Å². The lowest BCUT2D eigenvalue weighted by Gasteiger charge is -2.06. The monoisotopic (exact) mass is 256 g/mol. The number of aromatic nitrogens is 1. The molecule has 3 nitrogen and oxygen atoms in total. The lowest BCUT2D eigenvalue weighted by Crippen LogP contribution is -2.13. The third-order valence-electron chi connectivity index (χ3n) is 2.94. The Bertz CT molecular complexity index is 697. The lowest BCUT2D eigenvalue weighted by atomic mass is 10.2. The number of carbonyl (C=O) groups is 1. The first-order chi connectivity index (χ1) is 8.75. The van der Waals surface area contributed by atoms with Gasteiger partial charge in [-0.05, 0) is 29.6 Å². The smallest absolute Gasteiger partial charge is 0.256 e. The van der Waals surface area contributed by atoms with Gasteiger partial charge in [-0.25, -0.2) is 0 Å². The molecule has 1 aromatic carbocycles. The highest BCUT2D eigenvalue weighted by Gasteiger charge is 2.10. The second kappa shape index (κ2) is 4.31. The minimum Gasteiger partial charge on any atom is -0.330 e. The molecule has 0 radical (unpaired) electrons. The Labute approximate surface area is 109 Å². The van der Waals surface area contributed by atoms with Crippen LogP contribution in [-0.4, -0.2) is 10.5 Å². The Balaban J connectivity index is 1.90. The van der Waals surface area contributed by atoms with Crippen molar-refractivity contribution in [3.8, 4) is 0 Å². The number of anilines is 1. The lowest BCUT2D eigenvalue weighted by molar-refractivity contribution is 0.102. The Kier molecular flexibility index (Phi) is 2.64. The van der Waals surface area contributed by atoms with Crippen LogP contribution in [-0.2, 0) is 7.05 Å². The molecule has 0 aliphatic carbocycles. The first kappa shape index (κ1) is 11.0. The van der Waals surface area contributed by atoms with Gasteiger partial charge in [-0.1, -0.05) is 18.2 Å². The molecular formula is C14H12N2OS. The van der Waals surface area contributed by atoms with E-state index in [0.29, 0.717) is 5.56 Å². The maximum Gasteiger partial charge on any atom is 0.256 e. The normalized spacial score (nSPS) is 10.7. The predicted octanol–water partition coefficient (Wildman–Crippen LogP) is 3.49. The number of amides is 1. The number of nitrogens with zero attached hydrogens (tertiary/aromatic N) is 1. The summed E-state index contributed by atoms with van der Waals surface area (Å²) in [4.78, 5) is 12.0. The summed E-state index contributed by atoms with van der Waals surface area (Å²) in [5.41, 5.74) is 1.81. The predicted molar refractivity (Wildman–Crippen MR) is 75.2 cm³/mol. The molecule has 3 rings (SSSR count). The second-order valence-electron chi connectivity index (χ2n) is 4.08. The van der Waals surface area contributed by atoms with Crippen LogP contribution < -0.4 is 5.32 Å². The summed E-state index contributed by atoms with van der Waals surface area (Å²) in [5, 5.41) is 4.98. The molecule has 1 N–H and O–H groups in total. The zero-order valence-electron chi connectivity index (χ0n) is 9.88. The number of benzene rings is 1. The molecule has 0 aliphatic heterocycles. The van der Waals surface area contributed by atoms with Crippen molar-refractivity contribution < 1.29 is 4.79 Å². The van der Waals surface area contributed by atoms with Crippen molar-refractivity contribution in [3.63, 3.8) is 0 Å². The minimum atomic E-state index is -0.0798. The Hall–Kier alpha value is -2.07. The quantitative estimate of drug-likeness (QED) is 0.748. The second-order valence-corrected chi connectivity index (χ2v) is 5.03. The summed E-state index contributed by atoms with van der Waals surface area (Å²) in [5.74, 6) is 0.745. The average molecular weight is 256 g/mol. The van der Waals surface area contributed by atoms with Gasteiger partial charge in [-0.2, -0.15) is 0 Å². The first-order valence-electron chi connectivity index (χ1n) is 5.65. The van der Waals surface area contributed by atoms with Gasteiger partial charge in [0, 0.05) is 12.6 Å². The standard InChI is InChI=1S/C14H12N2OS/c1-16-11-7-8-18-12(11)9-13(16)15-14(17)10-5-3-2-4-6-10/h2-9H,1H3,(H,15,17). The van der Waals surface area contributed by atoms with Crippen molar-refractivity contribution in [3.05, 3.63) is 53.4 Å². The third kappa shape index (κ3) is 1.80. The molecule has 0 spiro atoms. The average Bonchev–Trinajstić information content (AvgIpc) is 2.95. The summed E-state index contributed by atoms with van der Waals surface area (Å²) in [6.45, 7) is 0. The highest BCUT2D eigenvalue weighted by molar-refractivity contribution is 7.17. The van der Waals surface area contributed by atoms with Crippen molar-refractivity contribution in [2.45, 2.75) is 0 Å². The number of carbonyl (C=O) groups excluding carboxylic acids is 1. The molecule has 0 aliphatic rings. The van der Waals surface area contributed by atoms with Crippen LogP contribution in [0.5, 0.6) is 0 Å². The molecule has 0 unspecified atom stereocenters. The summed E-state index contributed by atoms with van der Waals surface area (Å²) in [7, 11) is 1.95. The number of thiophene rings is 1. The first-order valence-corrected chi connectivity index (χ1v) is 6.53. The van der Waals surface area contributed by atoms with Crippen molar-refractivity contribution in [2.75, 3.05) is 5.32 Å². The summed E-state index contributed by atoms with van der Waals surface area (Å²) in [6.07, 6.45) is 0. The van der Waals surface area contributed by atoms with E-state index in [-0.39, 0.29) is 5.91 Å². The maximum absolute atomic E-state index is 12.0. The van der Waals surface area contributed by atoms with Gasteiger partial charge in [-0.3, -0.25) is 4.79 Å². The van der Waals surface area contributed by atoms with E-state index in [1.165, 1.54) is 4.70 Å². The molecule has 2 heterocycles. The summed E-state index contributed by atoms with van der Waals surface area (Å²) in [6, 6.07) is 13.3. The molecule has 0 bridgehead atoms. The van der Waals surface area contributed by atoms with E-state index in [1.54, 1.807) is 23.5 Å². The molecule has 1 amide bonds. The van der Waals surface area contributed by atoms with Crippen LogP contribution in [0.4, 0.5) is 5.82 Å². The molecule has 90 valence electrons. The molecule has 0 fully saturated rings. The van der Waals surface area contributed by atoms with E-state index < -0.39 is 0 Å². The maximum atomic E-state index is 12.0. The van der Waals surface area contributed by atoms with Gasteiger partial charge in [-0.15, -0.1) is 11.3 Å². The number of rotatable bonds is 2. The molecule has 2 aromatic heterocycles. The molecule has 4 heteroatoms. The van der Waals surface area contributed by atoms with Gasteiger partial charge in [0.15, 0.2) is 0 Å². The van der Waals surface area contributed by atoms with Crippen molar-refractivity contribution >= 4 is 33.3 Å². The van der Waals surface area contributed by atoms with E-state index in [9.17, 15) is 4.79 Å². The van der Waals surface area contributed by atoms with Gasteiger partial charge in [0.05, 0.1) is 10.2 Å². The zero-order chi connectivity index (χ0) is 12.5. The van der Waals surface area contributed by atoms with Gasteiger partial charge < -0.3 is 9.88 Å². The zero-order valence-corrected chi connectivity index (χ0v) is 10.7. The minimum absolute atomic E-state index is 0.0798. The van der Waals surface area contributed by atoms with E-state index >= 15 is 0 Å². The van der Waals surface area contributed by atoms with Crippen LogP contribution in [0.1, 0.15) is 10.4 Å². The molecule has 18 heavy (non-hydrogen) atoms. The van der Waals surface area contributed by atoms with E-state index in [4.69, 9.17) is 0 Å². The summed E-state index contributed by atoms with van der Waals surface area (Å²) >= 11 is 1.67. The van der Waals surface area contributed by atoms with E-state index in [0.717, 1.165) is 11.3 Å². The number of hydrogen-bond acceptors (Lipinski definition) is 2. The van der Waals surface area contributed by atoms with E-state index in [1.807, 2.05) is 41.3 Å². The number of hydrogen-bond donors (Lipinski definition) is 1. The van der Waals surface area contributed by atoms with E-state index in [2.05, 4.69) is 11.4 Å². The van der Waals surface area contributed by atoms with Gasteiger partial charge in [0.2, 0.25) is 0 Å². The number of fused-ring (bicyclic) bond motifs is 1. The fourth-order valence-electron chi connectivity index (χ4n) is 1.95. The molecule has 3 aromatic rings. The fraction of sp³-hybridized carbons (Fsp3) is 0.0714. The van der Waals surface area contributed by atoms with Crippen LogP contribution in [0.3, 0.4) is 0 Å².